The quantitative estimate of drug-likeness (QED) is 0.415. The zero-order chi connectivity index (χ0) is 17.5. The van der Waals surface area contributed by atoms with Crippen molar-refractivity contribution < 1.29 is 0 Å². The fourth-order valence-corrected chi connectivity index (χ4v) is 3.93. The summed E-state index contributed by atoms with van der Waals surface area (Å²) >= 11 is 0. The third kappa shape index (κ3) is 6.09. The Labute approximate surface area is 175 Å². The molecular weight excluding hydrogens is 437 g/mol. The molecule has 2 aliphatic rings. The van der Waals surface area contributed by atoms with Gasteiger partial charge in [-0.15, -0.1) is 24.0 Å². The van der Waals surface area contributed by atoms with Gasteiger partial charge in [-0.1, -0.05) is 30.3 Å². The molecule has 2 aliphatic heterocycles. The van der Waals surface area contributed by atoms with Gasteiger partial charge in [-0.3, -0.25) is 4.99 Å². The van der Waals surface area contributed by atoms with E-state index in [9.17, 15) is 0 Å². The van der Waals surface area contributed by atoms with Crippen molar-refractivity contribution in [1.82, 2.24) is 20.0 Å². The molecule has 0 saturated carbocycles. The van der Waals surface area contributed by atoms with Crippen LogP contribution >= 0.6 is 24.0 Å². The third-order valence-electron chi connectivity index (χ3n) is 5.49. The lowest BCUT2D eigenvalue weighted by molar-refractivity contribution is 0.279. The van der Waals surface area contributed by atoms with E-state index in [0.29, 0.717) is 5.92 Å². The van der Waals surface area contributed by atoms with E-state index in [1.165, 1.54) is 44.6 Å². The van der Waals surface area contributed by atoms with Gasteiger partial charge in [0, 0.05) is 52.2 Å². The van der Waals surface area contributed by atoms with Gasteiger partial charge >= 0.3 is 0 Å². The Balaban J connectivity index is 0.00000243. The van der Waals surface area contributed by atoms with Gasteiger partial charge in [-0.2, -0.15) is 0 Å². The number of hydrogen-bond donors (Lipinski definition) is 1. The maximum absolute atomic E-state index is 4.52. The molecule has 26 heavy (non-hydrogen) atoms. The van der Waals surface area contributed by atoms with Crippen molar-refractivity contribution in [2.45, 2.75) is 18.8 Å². The summed E-state index contributed by atoms with van der Waals surface area (Å²) in [4.78, 5) is 11.9. The van der Waals surface area contributed by atoms with Crippen LogP contribution in [0.25, 0.3) is 0 Å². The van der Waals surface area contributed by atoms with E-state index >= 15 is 0 Å². The van der Waals surface area contributed by atoms with Crippen LogP contribution in [0.4, 0.5) is 0 Å². The topological polar surface area (TPSA) is 34.1 Å². The van der Waals surface area contributed by atoms with Crippen LogP contribution in [0.2, 0.25) is 0 Å². The molecule has 0 amide bonds. The van der Waals surface area contributed by atoms with E-state index in [2.05, 4.69) is 62.4 Å². The number of halogens is 1. The number of benzene rings is 1. The normalized spacial score (nSPS) is 22.8. The van der Waals surface area contributed by atoms with E-state index in [4.69, 9.17) is 0 Å². The van der Waals surface area contributed by atoms with Crippen molar-refractivity contribution in [2.24, 2.45) is 4.99 Å². The molecule has 146 valence electrons. The molecule has 2 fully saturated rings. The maximum Gasteiger partial charge on any atom is 0.193 e. The molecule has 0 aliphatic carbocycles. The summed E-state index contributed by atoms with van der Waals surface area (Å²) in [5.41, 5.74) is 1.45. The Hall–Kier alpha value is -0.860. The minimum absolute atomic E-state index is 0. The Morgan fingerprint density at radius 2 is 1.92 bits per heavy atom. The van der Waals surface area contributed by atoms with Crippen molar-refractivity contribution in [3.8, 4) is 0 Å². The molecule has 2 saturated heterocycles. The van der Waals surface area contributed by atoms with Crippen molar-refractivity contribution in [3.05, 3.63) is 35.9 Å². The van der Waals surface area contributed by atoms with E-state index < -0.39 is 0 Å². The SMILES string of the molecule is CN=C(NCCN1CCCN(C)CC1)N1CCC(c2ccccc2)C1.I. The second-order valence-electron chi connectivity index (χ2n) is 7.31. The summed E-state index contributed by atoms with van der Waals surface area (Å²) in [6, 6.07) is 10.9. The molecule has 2 heterocycles. The molecule has 0 spiro atoms. The van der Waals surface area contributed by atoms with Crippen LogP contribution in [0, 0.1) is 0 Å². The fourth-order valence-electron chi connectivity index (χ4n) is 3.93. The number of likely N-dealkylation sites (tertiary alicyclic amines) is 1. The van der Waals surface area contributed by atoms with Gasteiger partial charge in [0.25, 0.3) is 0 Å². The predicted molar refractivity (Wildman–Crippen MR) is 121 cm³/mol. The Morgan fingerprint density at radius 1 is 1.12 bits per heavy atom. The average molecular weight is 471 g/mol. The highest BCUT2D eigenvalue weighted by atomic mass is 127. The van der Waals surface area contributed by atoms with Crippen LogP contribution in [-0.4, -0.2) is 87.1 Å². The van der Waals surface area contributed by atoms with E-state index in [1.807, 2.05) is 7.05 Å². The molecule has 1 atom stereocenters. The fraction of sp³-hybridized carbons (Fsp3) is 0.650. The van der Waals surface area contributed by atoms with Crippen LogP contribution in [0.15, 0.2) is 35.3 Å². The molecule has 0 aromatic heterocycles. The second-order valence-corrected chi connectivity index (χ2v) is 7.31. The number of rotatable bonds is 4. The molecule has 1 unspecified atom stereocenters. The highest BCUT2D eigenvalue weighted by molar-refractivity contribution is 14.0. The van der Waals surface area contributed by atoms with Crippen molar-refractivity contribution in [2.75, 3.05) is 66.5 Å². The summed E-state index contributed by atoms with van der Waals surface area (Å²) in [6.45, 7) is 9.03. The lowest BCUT2D eigenvalue weighted by atomic mass is 9.99. The Kier molecular flexibility index (Phi) is 9.15. The highest BCUT2D eigenvalue weighted by Gasteiger charge is 2.25. The molecule has 3 rings (SSSR count). The van der Waals surface area contributed by atoms with Gasteiger partial charge < -0.3 is 20.0 Å². The van der Waals surface area contributed by atoms with Crippen LogP contribution in [0.3, 0.4) is 0 Å². The Morgan fingerprint density at radius 3 is 2.69 bits per heavy atom. The molecule has 5 nitrogen and oxygen atoms in total. The van der Waals surface area contributed by atoms with Crippen molar-refractivity contribution in [1.29, 1.82) is 0 Å². The number of nitrogens with one attached hydrogen (secondary N) is 1. The van der Waals surface area contributed by atoms with Crippen LogP contribution in [-0.2, 0) is 0 Å². The minimum atomic E-state index is 0. The smallest absolute Gasteiger partial charge is 0.193 e. The third-order valence-corrected chi connectivity index (χ3v) is 5.49. The lowest BCUT2D eigenvalue weighted by Crippen LogP contribution is -2.43. The van der Waals surface area contributed by atoms with E-state index in [-0.39, 0.29) is 24.0 Å². The predicted octanol–water partition coefficient (Wildman–Crippen LogP) is 2.31. The largest absolute Gasteiger partial charge is 0.355 e. The zero-order valence-corrected chi connectivity index (χ0v) is 18.6. The molecule has 1 aromatic carbocycles. The molecule has 6 heteroatoms. The minimum Gasteiger partial charge on any atom is -0.355 e. The summed E-state index contributed by atoms with van der Waals surface area (Å²) < 4.78 is 0. The van der Waals surface area contributed by atoms with E-state index in [1.54, 1.807) is 0 Å². The first-order chi connectivity index (χ1) is 12.3. The average Bonchev–Trinajstić information content (AvgIpc) is 3.04. The lowest BCUT2D eigenvalue weighted by Gasteiger charge is -2.24. The van der Waals surface area contributed by atoms with Gasteiger partial charge in [0.2, 0.25) is 0 Å². The summed E-state index contributed by atoms with van der Waals surface area (Å²) in [5, 5.41) is 3.58. The van der Waals surface area contributed by atoms with Gasteiger partial charge in [-0.05, 0) is 38.5 Å². The van der Waals surface area contributed by atoms with Crippen LogP contribution in [0.1, 0.15) is 24.3 Å². The van der Waals surface area contributed by atoms with Gasteiger partial charge in [-0.25, -0.2) is 0 Å². The number of guanidine groups is 1. The number of aliphatic imine (C=N–C) groups is 1. The second kappa shape index (κ2) is 11.1. The first-order valence-electron chi connectivity index (χ1n) is 9.67. The van der Waals surface area contributed by atoms with Crippen molar-refractivity contribution >= 4 is 29.9 Å². The summed E-state index contributed by atoms with van der Waals surface area (Å²) in [6.07, 6.45) is 2.49. The standard InChI is InChI=1S/C20H33N5.HI/c1-21-20(22-10-14-24-12-6-11-23(2)15-16-24)25-13-9-19(17-25)18-7-4-3-5-8-18;/h3-5,7-8,19H,6,9-17H2,1-2H3,(H,21,22);1H. The number of nitrogens with zero attached hydrogens (tertiary/aromatic N) is 4. The van der Waals surface area contributed by atoms with Crippen LogP contribution < -0.4 is 5.32 Å². The molecule has 1 aromatic rings. The first-order valence-corrected chi connectivity index (χ1v) is 9.67. The molecule has 0 bridgehead atoms. The van der Waals surface area contributed by atoms with Crippen LogP contribution in [0.5, 0.6) is 0 Å². The summed E-state index contributed by atoms with van der Waals surface area (Å²) in [7, 11) is 4.12. The Bertz CT molecular complexity index is 550. The van der Waals surface area contributed by atoms with Gasteiger partial charge in [0.1, 0.15) is 0 Å². The molecular formula is C20H34IN5. The van der Waals surface area contributed by atoms with Gasteiger partial charge in [0.15, 0.2) is 5.96 Å². The summed E-state index contributed by atoms with van der Waals surface area (Å²) in [5.74, 6) is 1.69. The molecule has 1 N–H and O–H groups in total. The highest BCUT2D eigenvalue weighted by Crippen LogP contribution is 2.26. The number of hydrogen-bond acceptors (Lipinski definition) is 3. The zero-order valence-electron chi connectivity index (χ0n) is 16.2. The maximum atomic E-state index is 4.52. The number of likely N-dealkylation sites (N-methyl/N-ethyl adjacent to an activating group) is 1. The first kappa shape index (κ1) is 21.4. The monoisotopic (exact) mass is 471 g/mol. The molecule has 0 radical (unpaired) electrons. The van der Waals surface area contributed by atoms with E-state index in [0.717, 1.165) is 32.1 Å². The van der Waals surface area contributed by atoms with Crippen molar-refractivity contribution in [3.63, 3.8) is 0 Å². The van der Waals surface area contributed by atoms with Gasteiger partial charge in [0.05, 0.1) is 0 Å².